The number of benzene rings is 2. The van der Waals surface area contributed by atoms with Crippen LogP contribution in [0.15, 0.2) is 66.9 Å². The molecule has 1 heterocycles. The molecule has 3 aromatic rings. The van der Waals surface area contributed by atoms with Crippen molar-refractivity contribution >= 4 is 5.91 Å². The Morgan fingerprint density at radius 1 is 1.14 bits per heavy atom. The highest BCUT2D eigenvalue weighted by Crippen LogP contribution is 2.34. The average Bonchev–Trinajstić information content (AvgIpc) is 2.75. The largest absolute Gasteiger partial charge is 0.439 e. The van der Waals surface area contributed by atoms with Crippen LogP contribution in [-0.4, -0.2) is 17.4 Å². The van der Waals surface area contributed by atoms with Gasteiger partial charge in [0, 0.05) is 25.4 Å². The first-order chi connectivity index (χ1) is 14.2. The van der Waals surface area contributed by atoms with Crippen molar-refractivity contribution in [2.45, 2.75) is 31.7 Å². The molecule has 148 valence electrons. The fourth-order valence-electron chi connectivity index (χ4n) is 3.84. The Bertz CT molecular complexity index is 971. The van der Waals surface area contributed by atoms with Crippen molar-refractivity contribution in [2.75, 3.05) is 6.54 Å². The number of fused-ring (bicyclic) bond motifs is 1. The fraction of sp³-hybridized carbons (Fsp3) is 0.250. The Labute approximate surface area is 170 Å². The van der Waals surface area contributed by atoms with Gasteiger partial charge in [-0.2, -0.15) is 0 Å². The molecule has 0 saturated heterocycles. The number of carbonyl (C=O) groups is 1. The summed E-state index contributed by atoms with van der Waals surface area (Å²) in [6.07, 6.45) is 4.92. The lowest BCUT2D eigenvalue weighted by Crippen LogP contribution is -2.24. The van der Waals surface area contributed by atoms with E-state index in [-0.39, 0.29) is 0 Å². The van der Waals surface area contributed by atoms with Crippen LogP contribution in [0.3, 0.4) is 0 Å². The van der Waals surface area contributed by atoms with Gasteiger partial charge in [0.15, 0.2) is 0 Å². The van der Waals surface area contributed by atoms with Crippen LogP contribution in [0.2, 0.25) is 0 Å². The standard InChI is InChI=1S/C24H25N3O2/c25-24(28)20-10-12-23(27-16-20)29-21-11-9-18-7-4-8-19(22(18)13-21)15-26-14-17-5-2-1-3-6-17/h1-3,5-6,9-13,16,19,26H,4,7-8,14-15H2,(H2,25,28). The molecule has 0 spiro atoms. The van der Waals surface area contributed by atoms with Gasteiger partial charge in [-0.15, -0.1) is 0 Å². The molecule has 29 heavy (non-hydrogen) atoms. The van der Waals surface area contributed by atoms with Crippen LogP contribution in [0.25, 0.3) is 0 Å². The van der Waals surface area contributed by atoms with Crippen LogP contribution in [0.1, 0.15) is 45.8 Å². The van der Waals surface area contributed by atoms with E-state index in [4.69, 9.17) is 10.5 Å². The molecule has 1 amide bonds. The molecule has 0 saturated carbocycles. The zero-order chi connectivity index (χ0) is 20.1. The third kappa shape index (κ3) is 4.81. The average molecular weight is 387 g/mol. The molecular weight excluding hydrogens is 362 g/mol. The number of primary amides is 1. The molecule has 1 aliphatic carbocycles. The first-order valence-electron chi connectivity index (χ1n) is 10.0. The Morgan fingerprint density at radius 3 is 2.76 bits per heavy atom. The van der Waals surface area contributed by atoms with Gasteiger partial charge >= 0.3 is 0 Å². The van der Waals surface area contributed by atoms with Gasteiger partial charge in [-0.3, -0.25) is 4.79 Å². The number of ether oxygens (including phenoxy) is 1. The molecular formula is C24H25N3O2. The molecule has 1 unspecified atom stereocenters. The zero-order valence-corrected chi connectivity index (χ0v) is 16.3. The van der Waals surface area contributed by atoms with Gasteiger partial charge in [0.1, 0.15) is 5.75 Å². The van der Waals surface area contributed by atoms with Gasteiger partial charge in [-0.25, -0.2) is 4.98 Å². The Morgan fingerprint density at radius 2 is 2.00 bits per heavy atom. The molecule has 1 atom stereocenters. The monoisotopic (exact) mass is 387 g/mol. The summed E-state index contributed by atoms with van der Waals surface area (Å²) in [6.45, 7) is 1.82. The summed E-state index contributed by atoms with van der Waals surface area (Å²) in [6, 6.07) is 20.0. The molecule has 0 bridgehead atoms. The van der Waals surface area contributed by atoms with Gasteiger partial charge in [-0.1, -0.05) is 36.4 Å². The van der Waals surface area contributed by atoms with Gasteiger partial charge in [-0.05, 0) is 60.1 Å². The molecule has 0 fully saturated rings. The lowest BCUT2D eigenvalue weighted by Gasteiger charge is -2.26. The van der Waals surface area contributed by atoms with Crippen LogP contribution >= 0.6 is 0 Å². The smallest absolute Gasteiger partial charge is 0.250 e. The minimum atomic E-state index is -0.497. The first-order valence-corrected chi connectivity index (χ1v) is 10.0. The van der Waals surface area contributed by atoms with Crippen molar-refractivity contribution in [3.8, 4) is 11.6 Å². The fourth-order valence-corrected chi connectivity index (χ4v) is 3.84. The normalized spacial score (nSPS) is 15.5. The highest BCUT2D eigenvalue weighted by Gasteiger charge is 2.21. The number of aryl methyl sites for hydroxylation is 1. The Hall–Kier alpha value is -3.18. The van der Waals surface area contributed by atoms with Crippen molar-refractivity contribution in [3.63, 3.8) is 0 Å². The van der Waals surface area contributed by atoms with Crippen LogP contribution < -0.4 is 15.8 Å². The van der Waals surface area contributed by atoms with Crippen LogP contribution in [0, 0.1) is 0 Å². The topological polar surface area (TPSA) is 77.2 Å². The van der Waals surface area contributed by atoms with Gasteiger partial charge in [0.05, 0.1) is 5.56 Å². The summed E-state index contributed by atoms with van der Waals surface area (Å²) >= 11 is 0. The zero-order valence-electron chi connectivity index (χ0n) is 16.3. The van der Waals surface area contributed by atoms with Crippen molar-refractivity contribution in [3.05, 3.63) is 89.1 Å². The Kier molecular flexibility index (Phi) is 5.86. The summed E-state index contributed by atoms with van der Waals surface area (Å²) < 4.78 is 5.92. The van der Waals surface area contributed by atoms with Crippen molar-refractivity contribution in [1.82, 2.24) is 10.3 Å². The maximum Gasteiger partial charge on any atom is 0.250 e. The highest BCUT2D eigenvalue weighted by atomic mass is 16.5. The van der Waals surface area contributed by atoms with Crippen LogP contribution in [-0.2, 0) is 13.0 Å². The second-order valence-electron chi connectivity index (χ2n) is 7.42. The highest BCUT2D eigenvalue weighted by molar-refractivity contribution is 5.92. The molecule has 1 aliphatic rings. The van der Waals surface area contributed by atoms with E-state index in [1.165, 1.54) is 35.7 Å². The minimum absolute atomic E-state index is 0.368. The third-order valence-corrected chi connectivity index (χ3v) is 5.36. The summed E-state index contributed by atoms with van der Waals surface area (Å²) in [5.41, 5.74) is 9.67. The number of carbonyl (C=O) groups excluding carboxylic acids is 1. The predicted molar refractivity (Wildman–Crippen MR) is 113 cm³/mol. The molecule has 2 aromatic carbocycles. The quantitative estimate of drug-likeness (QED) is 0.637. The summed E-state index contributed by atoms with van der Waals surface area (Å²) in [4.78, 5) is 15.4. The Balaban J connectivity index is 1.44. The predicted octanol–water partition coefficient (Wildman–Crippen LogP) is 4.18. The van der Waals surface area contributed by atoms with Gasteiger partial charge in [0.25, 0.3) is 0 Å². The van der Waals surface area contributed by atoms with E-state index in [1.807, 2.05) is 12.1 Å². The molecule has 0 aliphatic heterocycles. The molecule has 5 heteroatoms. The summed E-state index contributed by atoms with van der Waals surface area (Å²) in [7, 11) is 0. The van der Waals surface area contributed by atoms with Crippen LogP contribution in [0.5, 0.6) is 11.6 Å². The molecule has 5 nitrogen and oxygen atoms in total. The number of amides is 1. The number of hydrogen-bond donors (Lipinski definition) is 2. The number of hydrogen-bond acceptors (Lipinski definition) is 4. The van der Waals surface area contributed by atoms with Gasteiger partial charge < -0.3 is 15.8 Å². The number of nitrogens with one attached hydrogen (secondary N) is 1. The van der Waals surface area contributed by atoms with E-state index in [1.54, 1.807) is 12.1 Å². The molecule has 1 aromatic heterocycles. The number of rotatable bonds is 7. The van der Waals surface area contributed by atoms with E-state index in [2.05, 4.69) is 46.7 Å². The maximum absolute atomic E-state index is 11.2. The number of nitrogens with zero attached hydrogens (tertiary/aromatic N) is 1. The van der Waals surface area contributed by atoms with Gasteiger partial charge in [0.2, 0.25) is 11.8 Å². The van der Waals surface area contributed by atoms with E-state index in [0.717, 1.165) is 25.3 Å². The van der Waals surface area contributed by atoms with Crippen LogP contribution in [0.4, 0.5) is 0 Å². The summed E-state index contributed by atoms with van der Waals surface area (Å²) in [5, 5.41) is 3.60. The molecule has 3 N–H and O–H groups in total. The lowest BCUT2D eigenvalue weighted by atomic mass is 9.82. The minimum Gasteiger partial charge on any atom is -0.439 e. The number of aromatic nitrogens is 1. The third-order valence-electron chi connectivity index (χ3n) is 5.36. The maximum atomic E-state index is 11.2. The molecule has 0 radical (unpaired) electrons. The van der Waals surface area contributed by atoms with Crippen molar-refractivity contribution < 1.29 is 9.53 Å². The second kappa shape index (κ2) is 8.88. The number of pyridine rings is 1. The van der Waals surface area contributed by atoms with E-state index in [0.29, 0.717) is 17.4 Å². The lowest BCUT2D eigenvalue weighted by molar-refractivity contribution is 0.1000. The van der Waals surface area contributed by atoms with E-state index < -0.39 is 5.91 Å². The number of nitrogens with two attached hydrogens (primary N) is 1. The van der Waals surface area contributed by atoms with E-state index in [9.17, 15) is 4.79 Å². The van der Waals surface area contributed by atoms with Crippen molar-refractivity contribution in [2.24, 2.45) is 5.73 Å². The summed E-state index contributed by atoms with van der Waals surface area (Å²) in [5.74, 6) is 1.18. The first kappa shape index (κ1) is 19.2. The van der Waals surface area contributed by atoms with Crippen molar-refractivity contribution in [1.29, 1.82) is 0 Å². The molecule has 4 rings (SSSR count). The van der Waals surface area contributed by atoms with E-state index >= 15 is 0 Å². The SMILES string of the molecule is NC(=O)c1ccc(Oc2ccc3c(c2)C(CNCc2ccccc2)CCC3)nc1. The second-order valence-corrected chi connectivity index (χ2v) is 7.42.